The molecule has 5 nitrogen and oxygen atoms in total. The second kappa shape index (κ2) is 11.7. The van der Waals surface area contributed by atoms with E-state index >= 15 is 0 Å². The third-order valence-corrected chi connectivity index (χ3v) is 5.09. The van der Waals surface area contributed by atoms with Crippen molar-refractivity contribution < 1.29 is 23.9 Å². The van der Waals surface area contributed by atoms with Crippen LogP contribution in [0.3, 0.4) is 0 Å². The van der Waals surface area contributed by atoms with Crippen LogP contribution in [0.25, 0.3) is 11.1 Å². The van der Waals surface area contributed by atoms with Crippen LogP contribution >= 0.6 is 0 Å². The van der Waals surface area contributed by atoms with Gasteiger partial charge in [-0.1, -0.05) is 55.8 Å². The SMILES string of the molecule is CCCCC(=O)C(Cc1ccc(-c2ccccc2C(=O)OC(C)(C)C)cc1)C(=O)COC. The Hall–Kier alpha value is -2.79. The number of ketones is 2. The summed E-state index contributed by atoms with van der Waals surface area (Å²) >= 11 is 0. The Bertz CT molecular complexity index is 922. The van der Waals surface area contributed by atoms with Gasteiger partial charge in [-0.25, -0.2) is 4.79 Å². The minimum atomic E-state index is -0.693. The Labute approximate surface area is 191 Å². The van der Waals surface area contributed by atoms with Crippen molar-refractivity contribution in [2.24, 2.45) is 5.92 Å². The number of hydrogen-bond donors (Lipinski definition) is 0. The second-order valence-electron chi connectivity index (χ2n) is 8.97. The average molecular weight is 439 g/mol. The Morgan fingerprint density at radius 1 is 0.938 bits per heavy atom. The summed E-state index contributed by atoms with van der Waals surface area (Å²) in [4.78, 5) is 37.7. The fourth-order valence-electron chi connectivity index (χ4n) is 3.48. The van der Waals surface area contributed by atoms with E-state index in [1.165, 1.54) is 7.11 Å². The maximum absolute atomic E-state index is 12.7. The van der Waals surface area contributed by atoms with Gasteiger partial charge in [-0.2, -0.15) is 0 Å². The summed E-state index contributed by atoms with van der Waals surface area (Å²) in [6.45, 7) is 7.47. The van der Waals surface area contributed by atoms with Crippen LogP contribution in [-0.4, -0.2) is 36.9 Å². The van der Waals surface area contributed by atoms with Crippen LogP contribution in [0.2, 0.25) is 0 Å². The van der Waals surface area contributed by atoms with Crippen molar-refractivity contribution in [2.75, 3.05) is 13.7 Å². The third kappa shape index (κ3) is 7.41. The van der Waals surface area contributed by atoms with Crippen molar-refractivity contribution in [3.05, 3.63) is 59.7 Å². The highest BCUT2D eigenvalue weighted by molar-refractivity contribution is 6.03. The van der Waals surface area contributed by atoms with E-state index in [1.54, 1.807) is 6.07 Å². The van der Waals surface area contributed by atoms with Crippen LogP contribution in [0.5, 0.6) is 0 Å². The number of esters is 1. The third-order valence-electron chi connectivity index (χ3n) is 5.09. The summed E-state index contributed by atoms with van der Waals surface area (Å²) in [7, 11) is 1.46. The van der Waals surface area contributed by atoms with Gasteiger partial charge in [-0.05, 0) is 56.4 Å². The van der Waals surface area contributed by atoms with Crippen LogP contribution in [0, 0.1) is 5.92 Å². The molecule has 0 N–H and O–H groups in total. The summed E-state index contributed by atoms with van der Waals surface area (Å²) in [5, 5.41) is 0. The van der Waals surface area contributed by atoms with E-state index in [1.807, 2.05) is 70.2 Å². The molecule has 0 spiro atoms. The number of rotatable bonds is 11. The van der Waals surface area contributed by atoms with E-state index in [0.717, 1.165) is 29.5 Å². The number of methoxy groups -OCH3 is 1. The van der Waals surface area contributed by atoms with Gasteiger partial charge in [-0.3, -0.25) is 9.59 Å². The van der Waals surface area contributed by atoms with Gasteiger partial charge in [0.1, 0.15) is 18.0 Å². The molecule has 32 heavy (non-hydrogen) atoms. The Balaban J connectivity index is 2.25. The molecule has 1 unspecified atom stereocenters. The van der Waals surface area contributed by atoms with Crippen molar-refractivity contribution in [3.8, 4) is 11.1 Å². The standard InChI is InChI=1S/C27H34O5/c1-6-7-12-24(28)23(25(29)18-31-5)17-19-13-15-20(16-14-19)21-10-8-9-11-22(21)26(30)32-27(2,3)4/h8-11,13-16,23H,6-7,12,17-18H2,1-5H3. The lowest BCUT2D eigenvalue weighted by Crippen LogP contribution is -2.29. The molecule has 0 heterocycles. The van der Waals surface area contributed by atoms with E-state index in [2.05, 4.69) is 0 Å². The molecule has 5 heteroatoms. The fraction of sp³-hybridized carbons (Fsp3) is 0.444. The molecule has 1 atom stereocenters. The summed E-state index contributed by atoms with van der Waals surface area (Å²) in [5.41, 5.74) is 2.45. The van der Waals surface area contributed by atoms with Crippen LogP contribution in [-0.2, 0) is 25.5 Å². The number of carbonyl (C=O) groups is 3. The minimum absolute atomic E-state index is 0.0340. The zero-order valence-electron chi connectivity index (χ0n) is 19.8. The molecular formula is C27H34O5. The maximum Gasteiger partial charge on any atom is 0.339 e. The first-order valence-corrected chi connectivity index (χ1v) is 11.1. The van der Waals surface area contributed by atoms with Gasteiger partial charge in [0.2, 0.25) is 0 Å². The first-order chi connectivity index (χ1) is 15.2. The molecule has 0 aliphatic heterocycles. The number of unbranched alkanes of at least 4 members (excludes halogenated alkanes) is 1. The van der Waals surface area contributed by atoms with E-state index in [4.69, 9.17) is 9.47 Å². The van der Waals surface area contributed by atoms with E-state index in [9.17, 15) is 14.4 Å². The van der Waals surface area contributed by atoms with Crippen LogP contribution in [0.4, 0.5) is 0 Å². The monoisotopic (exact) mass is 438 g/mol. The van der Waals surface area contributed by atoms with Gasteiger partial charge < -0.3 is 9.47 Å². The van der Waals surface area contributed by atoms with Crippen LogP contribution in [0.1, 0.15) is 62.9 Å². The highest BCUT2D eigenvalue weighted by Crippen LogP contribution is 2.27. The van der Waals surface area contributed by atoms with Crippen molar-refractivity contribution >= 4 is 17.5 Å². The molecular weight excluding hydrogens is 404 g/mol. The lowest BCUT2D eigenvalue weighted by molar-refractivity contribution is -0.135. The van der Waals surface area contributed by atoms with Crippen molar-refractivity contribution in [1.29, 1.82) is 0 Å². The Morgan fingerprint density at radius 2 is 1.59 bits per heavy atom. The molecule has 0 aliphatic rings. The van der Waals surface area contributed by atoms with Gasteiger partial charge >= 0.3 is 5.97 Å². The van der Waals surface area contributed by atoms with E-state index in [-0.39, 0.29) is 24.1 Å². The van der Waals surface area contributed by atoms with Gasteiger partial charge in [0, 0.05) is 13.5 Å². The zero-order chi connectivity index (χ0) is 23.7. The number of Topliss-reactive ketones (excluding diaryl/α,β-unsaturated/α-hetero) is 2. The smallest absolute Gasteiger partial charge is 0.339 e. The molecule has 0 aromatic heterocycles. The molecule has 172 valence electrons. The highest BCUT2D eigenvalue weighted by atomic mass is 16.6. The first kappa shape index (κ1) is 25.5. The predicted molar refractivity (Wildman–Crippen MR) is 126 cm³/mol. The predicted octanol–water partition coefficient (Wildman–Crippen LogP) is 5.44. The normalized spacial score (nSPS) is 12.3. The molecule has 2 aromatic carbocycles. The largest absolute Gasteiger partial charge is 0.456 e. The molecule has 0 radical (unpaired) electrons. The van der Waals surface area contributed by atoms with Gasteiger partial charge in [0.05, 0.1) is 11.5 Å². The number of carbonyl (C=O) groups excluding carboxylic acids is 3. The number of ether oxygens (including phenoxy) is 2. The van der Waals surface area contributed by atoms with Crippen molar-refractivity contribution in [3.63, 3.8) is 0 Å². The fourth-order valence-corrected chi connectivity index (χ4v) is 3.48. The van der Waals surface area contributed by atoms with Crippen LogP contribution < -0.4 is 0 Å². The molecule has 0 amide bonds. The quantitative estimate of drug-likeness (QED) is 0.345. The molecule has 0 aliphatic carbocycles. The maximum atomic E-state index is 12.7. The number of hydrogen-bond acceptors (Lipinski definition) is 5. The lowest BCUT2D eigenvalue weighted by Gasteiger charge is -2.20. The Morgan fingerprint density at radius 3 is 2.19 bits per heavy atom. The minimum Gasteiger partial charge on any atom is -0.456 e. The van der Waals surface area contributed by atoms with Crippen LogP contribution in [0.15, 0.2) is 48.5 Å². The molecule has 0 saturated heterocycles. The molecule has 0 saturated carbocycles. The van der Waals surface area contributed by atoms with Gasteiger partial charge in [0.15, 0.2) is 5.78 Å². The highest BCUT2D eigenvalue weighted by Gasteiger charge is 2.26. The first-order valence-electron chi connectivity index (χ1n) is 11.1. The second-order valence-corrected chi connectivity index (χ2v) is 8.97. The summed E-state index contributed by atoms with van der Waals surface area (Å²) < 4.78 is 10.5. The van der Waals surface area contributed by atoms with Crippen molar-refractivity contribution in [2.45, 2.75) is 59.0 Å². The molecule has 0 fully saturated rings. The van der Waals surface area contributed by atoms with Crippen molar-refractivity contribution in [1.82, 2.24) is 0 Å². The number of benzene rings is 2. The van der Waals surface area contributed by atoms with E-state index < -0.39 is 11.5 Å². The molecule has 2 aromatic rings. The average Bonchev–Trinajstić information content (AvgIpc) is 2.75. The summed E-state index contributed by atoms with van der Waals surface area (Å²) in [6, 6.07) is 15.0. The summed E-state index contributed by atoms with van der Waals surface area (Å²) in [5.74, 6) is -1.29. The van der Waals surface area contributed by atoms with E-state index in [0.29, 0.717) is 18.4 Å². The van der Waals surface area contributed by atoms with Gasteiger partial charge in [0.25, 0.3) is 0 Å². The Kier molecular flexibility index (Phi) is 9.33. The lowest BCUT2D eigenvalue weighted by atomic mass is 9.88. The summed E-state index contributed by atoms with van der Waals surface area (Å²) in [6.07, 6.45) is 2.43. The topological polar surface area (TPSA) is 69.7 Å². The molecule has 0 bridgehead atoms. The molecule has 2 rings (SSSR count). The van der Waals surface area contributed by atoms with Gasteiger partial charge in [-0.15, -0.1) is 0 Å². The zero-order valence-corrected chi connectivity index (χ0v) is 19.8.